The van der Waals surface area contributed by atoms with E-state index in [0.29, 0.717) is 27.5 Å². The molecule has 0 spiro atoms. The molecule has 5 nitrogen and oxygen atoms in total. The van der Waals surface area contributed by atoms with Gasteiger partial charge in [-0.15, -0.1) is 0 Å². The molecule has 1 fully saturated rings. The van der Waals surface area contributed by atoms with E-state index in [9.17, 15) is 9.59 Å². The third-order valence-electron chi connectivity index (χ3n) is 3.50. The third-order valence-corrected chi connectivity index (χ3v) is 4.87. The van der Waals surface area contributed by atoms with E-state index in [1.165, 1.54) is 4.90 Å². The number of benzene rings is 1. The van der Waals surface area contributed by atoms with E-state index in [1.807, 2.05) is 6.07 Å². The number of carbonyl (C=O) groups excluding carboxylic acids is 2. The van der Waals surface area contributed by atoms with E-state index in [1.54, 1.807) is 7.11 Å². The average molecular weight is 390 g/mol. The molecule has 3 amide bonds. The zero-order chi connectivity index (χ0) is 16.7. The molecule has 2 rings (SSSR count). The van der Waals surface area contributed by atoms with E-state index in [4.69, 9.17) is 16.3 Å². The largest absolute Gasteiger partial charge is 0.495 e. The molecular formula is C15H18BrClN2O3. The van der Waals surface area contributed by atoms with Gasteiger partial charge in [-0.1, -0.05) is 32.4 Å². The van der Waals surface area contributed by atoms with Crippen molar-refractivity contribution in [3.8, 4) is 5.75 Å². The van der Waals surface area contributed by atoms with Gasteiger partial charge in [0.05, 0.1) is 22.3 Å². The summed E-state index contributed by atoms with van der Waals surface area (Å²) in [7, 11) is 1.58. The summed E-state index contributed by atoms with van der Waals surface area (Å²) in [6.07, 6.45) is 0.247. The highest BCUT2D eigenvalue weighted by atomic mass is 79.9. The Balaban J connectivity index is 2.60. The van der Waals surface area contributed by atoms with Gasteiger partial charge in [-0.05, 0) is 27.4 Å². The first kappa shape index (κ1) is 17.1. The Labute approximate surface area is 143 Å². The van der Waals surface area contributed by atoms with Crippen LogP contribution in [-0.4, -0.2) is 25.6 Å². The lowest BCUT2D eigenvalue weighted by atomic mass is 9.86. The highest BCUT2D eigenvalue weighted by Crippen LogP contribution is 2.46. The van der Waals surface area contributed by atoms with Crippen molar-refractivity contribution in [3.63, 3.8) is 0 Å². The number of imide groups is 1. The van der Waals surface area contributed by atoms with Crippen molar-refractivity contribution in [1.29, 1.82) is 0 Å². The topological polar surface area (TPSA) is 58.6 Å². The molecule has 0 saturated carbocycles. The van der Waals surface area contributed by atoms with E-state index in [0.717, 1.165) is 5.56 Å². The number of nitrogens with one attached hydrogen (secondary N) is 1. The van der Waals surface area contributed by atoms with Gasteiger partial charge in [0.15, 0.2) is 0 Å². The van der Waals surface area contributed by atoms with Crippen molar-refractivity contribution in [3.05, 3.63) is 21.1 Å². The number of methoxy groups -OCH3 is 1. The first-order chi connectivity index (χ1) is 10.2. The van der Waals surface area contributed by atoms with Crippen LogP contribution in [0.1, 0.15) is 32.8 Å². The molecule has 0 aliphatic carbocycles. The van der Waals surface area contributed by atoms with Crippen molar-refractivity contribution < 1.29 is 14.3 Å². The molecule has 1 aromatic carbocycles. The van der Waals surface area contributed by atoms with Gasteiger partial charge in [0.25, 0.3) is 0 Å². The van der Waals surface area contributed by atoms with Crippen LogP contribution < -0.4 is 15.0 Å². The number of hydrogen-bond donors (Lipinski definition) is 1. The minimum atomic E-state index is -0.463. The maximum atomic E-state index is 12.1. The second-order valence-electron chi connectivity index (χ2n) is 6.11. The first-order valence-electron chi connectivity index (χ1n) is 6.84. The number of ether oxygens (including phenoxy) is 1. The van der Waals surface area contributed by atoms with Gasteiger partial charge >= 0.3 is 6.03 Å². The molecule has 0 atom stereocenters. The molecule has 0 radical (unpaired) electrons. The molecule has 22 heavy (non-hydrogen) atoms. The molecule has 1 aromatic rings. The molecule has 1 heterocycles. The zero-order valence-electron chi connectivity index (χ0n) is 12.9. The summed E-state index contributed by atoms with van der Waals surface area (Å²) in [5.41, 5.74) is 1.28. The summed E-state index contributed by atoms with van der Waals surface area (Å²) in [5.74, 6) is 0.371. The average Bonchev–Trinajstić information content (AvgIpc) is 2.41. The quantitative estimate of drug-likeness (QED) is 0.835. The van der Waals surface area contributed by atoms with Crippen molar-refractivity contribution >= 4 is 45.2 Å². The molecule has 1 N–H and O–H groups in total. The molecule has 120 valence electrons. The fourth-order valence-corrected chi connectivity index (χ4v) is 3.16. The molecule has 1 saturated heterocycles. The second kappa shape index (κ2) is 6.08. The van der Waals surface area contributed by atoms with Crippen LogP contribution in [0.2, 0.25) is 5.02 Å². The van der Waals surface area contributed by atoms with Crippen molar-refractivity contribution in [1.82, 2.24) is 5.32 Å². The Kier molecular flexibility index (Phi) is 4.73. The number of nitrogens with zero attached hydrogens (tertiary/aromatic N) is 1. The van der Waals surface area contributed by atoms with Crippen LogP contribution in [0.5, 0.6) is 5.75 Å². The summed E-state index contributed by atoms with van der Waals surface area (Å²) in [5, 5.41) is 2.69. The summed E-state index contributed by atoms with van der Waals surface area (Å²) >= 11 is 9.85. The predicted octanol–water partition coefficient (Wildman–Crippen LogP) is 3.85. The van der Waals surface area contributed by atoms with Gasteiger partial charge in [-0.25, -0.2) is 4.79 Å². The number of hydrogen-bond acceptors (Lipinski definition) is 3. The molecule has 7 heteroatoms. The molecule has 1 aliphatic rings. The lowest BCUT2D eigenvalue weighted by molar-refractivity contribution is -0.120. The number of rotatable bonds is 2. The Morgan fingerprint density at radius 2 is 2.00 bits per heavy atom. The molecule has 0 aromatic heterocycles. The van der Waals surface area contributed by atoms with E-state index in [-0.39, 0.29) is 17.7 Å². The third kappa shape index (κ3) is 3.08. The summed E-state index contributed by atoms with van der Waals surface area (Å²) in [6.45, 7) is 6.45. The van der Waals surface area contributed by atoms with E-state index >= 15 is 0 Å². The van der Waals surface area contributed by atoms with Crippen molar-refractivity contribution in [2.75, 3.05) is 18.6 Å². The van der Waals surface area contributed by atoms with Crippen LogP contribution in [0.3, 0.4) is 0 Å². The Hall–Kier alpha value is -1.27. The molecule has 1 aliphatic heterocycles. The molecule has 0 bridgehead atoms. The number of halogens is 2. The number of anilines is 1. The van der Waals surface area contributed by atoms with Crippen LogP contribution in [0, 0.1) is 0 Å². The van der Waals surface area contributed by atoms with Gasteiger partial charge in [-0.2, -0.15) is 0 Å². The fraction of sp³-hybridized carbons (Fsp3) is 0.467. The minimum absolute atomic E-state index is 0.199. The van der Waals surface area contributed by atoms with Gasteiger partial charge in [-0.3, -0.25) is 15.0 Å². The maximum Gasteiger partial charge on any atom is 0.328 e. The van der Waals surface area contributed by atoms with Gasteiger partial charge in [0.1, 0.15) is 5.75 Å². The lowest BCUT2D eigenvalue weighted by Gasteiger charge is -2.31. The van der Waals surface area contributed by atoms with Crippen molar-refractivity contribution in [2.24, 2.45) is 0 Å². The van der Waals surface area contributed by atoms with E-state index < -0.39 is 6.03 Å². The van der Waals surface area contributed by atoms with Gasteiger partial charge in [0, 0.05) is 18.5 Å². The summed E-state index contributed by atoms with van der Waals surface area (Å²) < 4.78 is 6.07. The number of urea groups is 1. The van der Waals surface area contributed by atoms with Crippen LogP contribution in [0.4, 0.5) is 10.5 Å². The predicted molar refractivity (Wildman–Crippen MR) is 89.9 cm³/mol. The maximum absolute atomic E-state index is 12.1. The summed E-state index contributed by atoms with van der Waals surface area (Å²) in [6, 6.07) is 1.39. The molecular weight excluding hydrogens is 372 g/mol. The zero-order valence-corrected chi connectivity index (χ0v) is 15.3. The number of amides is 3. The minimum Gasteiger partial charge on any atom is -0.495 e. The lowest BCUT2D eigenvalue weighted by Crippen LogP contribution is -2.49. The summed E-state index contributed by atoms with van der Waals surface area (Å²) in [4.78, 5) is 24.9. The van der Waals surface area contributed by atoms with Gasteiger partial charge < -0.3 is 4.74 Å². The standard InChI is InChI=1S/C15H18BrClN2O3/c1-15(2,3)8-7-9(12(17)11(16)13(8)22-4)19-6-5-10(20)18-14(19)21/h7H,5-6H2,1-4H3,(H,18,20,21). The first-order valence-corrected chi connectivity index (χ1v) is 8.01. The smallest absolute Gasteiger partial charge is 0.328 e. The Bertz CT molecular complexity index is 641. The monoisotopic (exact) mass is 388 g/mol. The highest BCUT2D eigenvalue weighted by molar-refractivity contribution is 9.10. The van der Waals surface area contributed by atoms with E-state index in [2.05, 4.69) is 42.0 Å². The second-order valence-corrected chi connectivity index (χ2v) is 7.28. The fourth-order valence-electron chi connectivity index (χ4n) is 2.34. The molecule has 0 unspecified atom stereocenters. The SMILES string of the molecule is COc1c(C(C)(C)C)cc(N2CCC(=O)NC2=O)c(Cl)c1Br. The number of carbonyl (C=O) groups is 2. The van der Waals surface area contributed by atoms with Crippen LogP contribution in [-0.2, 0) is 10.2 Å². The van der Waals surface area contributed by atoms with Crippen LogP contribution in [0.15, 0.2) is 10.5 Å². The van der Waals surface area contributed by atoms with Crippen molar-refractivity contribution in [2.45, 2.75) is 32.6 Å². The Morgan fingerprint density at radius 1 is 1.36 bits per heavy atom. The van der Waals surface area contributed by atoms with Crippen LogP contribution in [0.25, 0.3) is 0 Å². The normalized spacial score (nSPS) is 15.8. The highest BCUT2D eigenvalue weighted by Gasteiger charge is 2.30. The van der Waals surface area contributed by atoms with Gasteiger partial charge in [0.2, 0.25) is 5.91 Å². The van der Waals surface area contributed by atoms with Crippen LogP contribution >= 0.6 is 27.5 Å². The Morgan fingerprint density at radius 3 is 2.50 bits per heavy atom.